The molecule has 0 amide bonds. The average molecular weight is 500 g/mol. The highest BCUT2D eigenvalue weighted by Crippen LogP contribution is 2.39. The van der Waals surface area contributed by atoms with Crippen LogP contribution in [0.5, 0.6) is 0 Å². The highest BCUT2D eigenvalue weighted by Gasteiger charge is 2.52. The van der Waals surface area contributed by atoms with E-state index in [1.165, 1.54) is 23.9 Å². The lowest BCUT2D eigenvalue weighted by Gasteiger charge is -2.32. The van der Waals surface area contributed by atoms with Crippen molar-refractivity contribution in [3.05, 3.63) is 52.4 Å². The highest BCUT2D eigenvalue weighted by molar-refractivity contribution is 7.92. The standard InChI is InChI=1S/C24H29BN2O7S/c1-8-18(28)21-15-13-16(25-33-23(2,3)24(4,5)34-25)17(26(6)35(7,30)31)14-19(15)32-22(21)27-12-10-9-11-20(27)29/h9-14H,8H2,1-7H3. The van der Waals surface area contributed by atoms with Gasteiger partial charge in [-0.3, -0.25) is 18.5 Å². The first-order chi connectivity index (χ1) is 16.2. The number of furan rings is 1. The second-order valence-corrected chi connectivity index (χ2v) is 11.7. The molecule has 3 aromatic rings. The summed E-state index contributed by atoms with van der Waals surface area (Å²) in [4.78, 5) is 25.6. The third-order valence-electron chi connectivity index (χ3n) is 6.80. The van der Waals surface area contributed by atoms with Gasteiger partial charge < -0.3 is 13.7 Å². The molecule has 0 N–H and O–H groups in total. The van der Waals surface area contributed by atoms with Crippen LogP contribution in [0.2, 0.25) is 0 Å². The van der Waals surface area contributed by atoms with Gasteiger partial charge in [-0.05, 0) is 39.8 Å². The molecule has 4 rings (SSSR count). The van der Waals surface area contributed by atoms with Gasteiger partial charge in [0.15, 0.2) is 5.78 Å². The van der Waals surface area contributed by atoms with Gasteiger partial charge in [0.25, 0.3) is 5.56 Å². The maximum Gasteiger partial charge on any atom is 0.497 e. The summed E-state index contributed by atoms with van der Waals surface area (Å²) in [6.45, 7) is 9.31. The molecule has 1 aliphatic rings. The summed E-state index contributed by atoms with van der Waals surface area (Å²) in [5.74, 6) is -0.143. The van der Waals surface area contributed by atoms with Gasteiger partial charge in [0.1, 0.15) is 5.58 Å². The Morgan fingerprint density at radius 1 is 1.11 bits per heavy atom. The van der Waals surface area contributed by atoms with Crippen LogP contribution in [0.25, 0.3) is 16.9 Å². The number of ketones is 1. The van der Waals surface area contributed by atoms with E-state index in [9.17, 15) is 18.0 Å². The van der Waals surface area contributed by atoms with E-state index in [0.717, 1.165) is 10.6 Å². The molecule has 0 bridgehead atoms. The zero-order valence-electron chi connectivity index (χ0n) is 20.9. The number of hydrogen-bond acceptors (Lipinski definition) is 7. The second-order valence-electron chi connectivity index (χ2n) is 9.69. The molecule has 9 nitrogen and oxygen atoms in total. The number of nitrogens with zero attached hydrogens (tertiary/aromatic N) is 2. The van der Waals surface area contributed by atoms with Crippen molar-refractivity contribution in [1.29, 1.82) is 0 Å². The third kappa shape index (κ3) is 4.21. The van der Waals surface area contributed by atoms with Crippen LogP contribution in [0.4, 0.5) is 5.69 Å². The fourth-order valence-electron chi connectivity index (χ4n) is 3.96. The van der Waals surface area contributed by atoms with Crippen LogP contribution in [-0.4, -0.2) is 50.4 Å². The minimum absolute atomic E-state index is 0.0801. The molecule has 11 heteroatoms. The zero-order chi connectivity index (χ0) is 25.9. The summed E-state index contributed by atoms with van der Waals surface area (Å²) < 4.78 is 45.9. The lowest BCUT2D eigenvalue weighted by Crippen LogP contribution is -2.41. The molecule has 3 heterocycles. The van der Waals surface area contributed by atoms with Crippen LogP contribution in [0.15, 0.2) is 45.7 Å². The number of pyridine rings is 1. The fourth-order valence-corrected chi connectivity index (χ4v) is 4.47. The molecule has 0 aliphatic carbocycles. The van der Waals surface area contributed by atoms with Crippen LogP contribution in [0, 0.1) is 0 Å². The maximum atomic E-state index is 13.1. The van der Waals surface area contributed by atoms with E-state index in [2.05, 4.69) is 0 Å². The number of rotatable bonds is 6. The summed E-state index contributed by atoms with van der Waals surface area (Å²) >= 11 is 0. The van der Waals surface area contributed by atoms with Crippen molar-refractivity contribution in [2.45, 2.75) is 52.2 Å². The Bertz CT molecular complexity index is 1470. The first-order valence-corrected chi connectivity index (χ1v) is 13.1. The molecule has 0 saturated carbocycles. The van der Waals surface area contributed by atoms with Gasteiger partial charge in [0.2, 0.25) is 15.9 Å². The first kappa shape index (κ1) is 25.2. The molecule has 0 atom stereocenters. The molecule has 1 aliphatic heterocycles. The van der Waals surface area contributed by atoms with Gasteiger partial charge in [0, 0.05) is 42.6 Å². The van der Waals surface area contributed by atoms with E-state index in [4.69, 9.17) is 13.7 Å². The number of benzene rings is 1. The van der Waals surface area contributed by atoms with Crippen LogP contribution in [-0.2, 0) is 19.3 Å². The smallest absolute Gasteiger partial charge is 0.439 e. The number of carbonyl (C=O) groups excluding carboxylic acids is 1. The normalized spacial score (nSPS) is 17.2. The molecule has 0 radical (unpaired) electrons. The molecule has 1 aromatic carbocycles. The zero-order valence-corrected chi connectivity index (χ0v) is 21.7. The van der Waals surface area contributed by atoms with Crippen molar-refractivity contribution in [1.82, 2.24) is 4.57 Å². The highest BCUT2D eigenvalue weighted by atomic mass is 32.2. The Hall–Kier alpha value is -2.89. The van der Waals surface area contributed by atoms with Crippen LogP contribution < -0.4 is 15.3 Å². The van der Waals surface area contributed by atoms with Gasteiger partial charge in [-0.2, -0.15) is 0 Å². The molecular weight excluding hydrogens is 471 g/mol. The fraction of sp³-hybridized carbons (Fsp3) is 0.417. The van der Waals surface area contributed by atoms with E-state index in [0.29, 0.717) is 10.8 Å². The van der Waals surface area contributed by atoms with Crippen LogP contribution >= 0.6 is 0 Å². The molecule has 186 valence electrons. The number of hydrogen-bond donors (Lipinski definition) is 0. The van der Waals surface area contributed by atoms with Gasteiger partial charge in [-0.15, -0.1) is 0 Å². The average Bonchev–Trinajstić information content (AvgIpc) is 3.24. The predicted molar refractivity (Wildman–Crippen MR) is 135 cm³/mol. The molecule has 0 spiro atoms. The summed E-state index contributed by atoms with van der Waals surface area (Å²) in [5.41, 5.74) is -0.489. The Kier molecular flexibility index (Phi) is 6.02. The largest absolute Gasteiger partial charge is 0.497 e. The lowest BCUT2D eigenvalue weighted by molar-refractivity contribution is 0.00578. The third-order valence-corrected chi connectivity index (χ3v) is 8.00. The summed E-state index contributed by atoms with van der Waals surface area (Å²) in [7, 11) is -3.13. The topological polar surface area (TPSA) is 108 Å². The minimum atomic E-state index is -3.66. The monoisotopic (exact) mass is 500 g/mol. The van der Waals surface area contributed by atoms with Crippen molar-refractivity contribution >= 4 is 45.0 Å². The van der Waals surface area contributed by atoms with Crippen molar-refractivity contribution in [2.24, 2.45) is 0 Å². The van der Waals surface area contributed by atoms with E-state index in [1.807, 2.05) is 27.7 Å². The second kappa shape index (κ2) is 8.36. The molecular formula is C24H29BN2O7S. The Balaban J connectivity index is 2.05. The van der Waals surface area contributed by atoms with E-state index in [1.54, 1.807) is 31.2 Å². The Morgan fingerprint density at radius 2 is 1.74 bits per heavy atom. The molecule has 0 unspecified atom stereocenters. The molecule has 35 heavy (non-hydrogen) atoms. The van der Waals surface area contributed by atoms with E-state index >= 15 is 0 Å². The van der Waals surface area contributed by atoms with Gasteiger partial charge in [-0.1, -0.05) is 13.0 Å². The predicted octanol–water partition coefficient (Wildman–Crippen LogP) is 2.87. The molecule has 1 fully saturated rings. The number of fused-ring (bicyclic) bond motifs is 1. The number of carbonyl (C=O) groups is 1. The van der Waals surface area contributed by atoms with Gasteiger partial charge >= 0.3 is 7.12 Å². The van der Waals surface area contributed by atoms with Crippen molar-refractivity contribution in [3.8, 4) is 5.88 Å². The van der Waals surface area contributed by atoms with Gasteiger partial charge in [-0.25, -0.2) is 8.42 Å². The van der Waals surface area contributed by atoms with Crippen LogP contribution in [0.3, 0.4) is 0 Å². The number of sulfonamides is 1. The summed E-state index contributed by atoms with van der Waals surface area (Å²) in [5, 5.41) is 0.443. The molecule has 2 aromatic heterocycles. The van der Waals surface area contributed by atoms with Gasteiger partial charge in [0.05, 0.1) is 28.7 Å². The SMILES string of the molecule is CCC(=O)c1c(-n2ccccc2=O)oc2cc(N(C)S(C)(=O)=O)c(B3OC(C)(C)C(C)(C)O3)cc12. The number of Topliss-reactive ketones (excluding diaryl/α,β-unsaturated/α-hetero) is 1. The van der Waals surface area contributed by atoms with Crippen molar-refractivity contribution in [2.75, 3.05) is 17.6 Å². The number of anilines is 1. The quantitative estimate of drug-likeness (QED) is 0.378. The Labute approximate surface area is 204 Å². The summed E-state index contributed by atoms with van der Waals surface area (Å²) in [6, 6.07) is 7.83. The van der Waals surface area contributed by atoms with Crippen LogP contribution in [0.1, 0.15) is 51.4 Å². The number of aromatic nitrogens is 1. The molecule has 1 saturated heterocycles. The first-order valence-electron chi connectivity index (χ1n) is 11.3. The summed E-state index contributed by atoms with van der Waals surface area (Å²) in [6.07, 6.45) is 2.79. The van der Waals surface area contributed by atoms with E-state index in [-0.39, 0.29) is 40.5 Å². The van der Waals surface area contributed by atoms with Crippen molar-refractivity contribution in [3.63, 3.8) is 0 Å². The van der Waals surface area contributed by atoms with Crippen molar-refractivity contribution < 1.29 is 26.9 Å². The van der Waals surface area contributed by atoms with E-state index < -0.39 is 28.3 Å². The maximum absolute atomic E-state index is 13.1. The Morgan fingerprint density at radius 3 is 2.29 bits per heavy atom. The minimum Gasteiger partial charge on any atom is -0.439 e. The lowest BCUT2D eigenvalue weighted by atomic mass is 9.77.